The molecule has 2 aliphatic rings. The molecule has 4 heterocycles. The lowest BCUT2D eigenvalue weighted by molar-refractivity contribution is 0.00523. The molecule has 6 rings (SSSR count). The van der Waals surface area contributed by atoms with Gasteiger partial charge in [-0.25, -0.2) is 9.37 Å². The number of fused-ring (bicyclic) bond motifs is 2. The maximum absolute atomic E-state index is 15.1. The second-order valence-electron chi connectivity index (χ2n) is 9.22. The van der Waals surface area contributed by atoms with E-state index in [4.69, 9.17) is 21.3 Å². The van der Waals surface area contributed by atoms with E-state index in [1.54, 1.807) is 21.2 Å². The highest BCUT2D eigenvalue weighted by atomic mass is 35.5. The van der Waals surface area contributed by atoms with E-state index in [0.29, 0.717) is 35.0 Å². The molecule has 1 saturated heterocycles. The van der Waals surface area contributed by atoms with Gasteiger partial charge in [0.2, 0.25) is 0 Å². The zero-order valence-electron chi connectivity index (χ0n) is 18.8. The van der Waals surface area contributed by atoms with Crippen molar-refractivity contribution in [3.05, 3.63) is 86.3 Å². The Morgan fingerprint density at radius 2 is 2.06 bits per heavy atom. The van der Waals surface area contributed by atoms with Gasteiger partial charge < -0.3 is 4.74 Å². The molecule has 0 radical (unpaired) electrons. The fourth-order valence-electron chi connectivity index (χ4n) is 5.32. The van der Waals surface area contributed by atoms with Gasteiger partial charge in [0.15, 0.2) is 0 Å². The zero-order chi connectivity index (χ0) is 23.4. The van der Waals surface area contributed by atoms with Crippen LogP contribution in [0.2, 0.25) is 5.02 Å². The van der Waals surface area contributed by atoms with Crippen LogP contribution in [0.5, 0.6) is 0 Å². The Hall–Kier alpha value is -3.03. The molecule has 0 amide bonds. The van der Waals surface area contributed by atoms with E-state index < -0.39 is 5.82 Å². The number of rotatable bonds is 3. The number of benzene rings is 1. The van der Waals surface area contributed by atoms with Gasteiger partial charge in [-0.1, -0.05) is 11.6 Å². The van der Waals surface area contributed by atoms with Gasteiger partial charge in [-0.05, 0) is 73.9 Å². The van der Waals surface area contributed by atoms with Gasteiger partial charge >= 0.3 is 0 Å². The Morgan fingerprint density at radius 1 is 1.18 bits per heavy atom. The fourth-order valence-corrected chi connectivity index (χ4v) is 5.48. The van der Waals surface area contributed by atoms with Gasteiger partial charge in [-0.3, -0.25) is 13.9 Å². The molecule has 0 saturated carbocycles. The first kappa shape index (κ1) is 21.5. The topological polar surface area (TPSA) is 61.4 Å². The van der Waals surface area contributed by atoms with Crippen molar-refractivity contribution in [1.82, 2.24) is 19.2 Å². The van der Waals surface area contributed by atoms with Crippen LogP contribution >= 0.6 is 11.6 Å². The number of hydrogen-bond acceptors (Lipinski definition) is 4. The number of hydrogen-bond donors (Lipinski definition) is 0. The van der Waals surface area contributed by atoms with Crippen LogP contribution in [0, 0.1) is 5.82 Å². The first-order valence-corrected chi connectivity index (χ1v) is 12.0. The first-order chi connectivity index (χ1) is 16.5. The van der Waals surface area contributed by atoms with E-state index in [1.807, 2.05) is 31.6 Å². The summed E-state index contributed by atoms with van der Waals surface area (Å²) in [5.74, 6) is -0.276. The Balaban J connectivity index is 1.52. The van der Waals surface area contributed by atoms with Crippen LogP contribution in [0.3, 0.4) is 0 Å². The van der Waals surface area contributed by atoms with Crippen molar-refractivity contribution < 1.29 is 9.13 Å². The van der Waals surface area contributed by atoms with Crippen LogP contribution in [0.4, 0.5) is 4.39 Å². The predicted octanol–water partition coefficient (Wildman–Crippen LogP) is 5.01. The third kappa shape index (κ3) is 3.63. The van der Waals surface area contributed by atoms with Crippen LogP contribution in [-0.2, 0) is 24.6 Å². The maximum atomic E-state index is 15.1. The van der Waals surface area contributed by atoms with E-state index in [2.05, 4.69) is 5.10 Å². The molecule has 3 aromatic heterocycles. The standard InChI is InChI=1S/C26H24ClFN4O2/c1-31-14-17(13-29-31)24-10-15(7-8-34-24)16-9-23(19-6-5-18(27)12-21(19)28)32-25(11-16)30-22-4-2-3-20(22)26(32)33/h5-6,9,11-15,24H,2-4,7-8,10H2,1H3/t15-,24+/m0/s1. The summed E-state index contributed by atoms with van der Waals surface area (Å²) in [4.78, 5) is 18.3. The summed E-state index contributed by atoms with van der Waals surface area (Å²) in [5, 5.41) is 4.60. The highest BCUT2D eigenvalue weighted by Crippen LogP contribution is 2.39. The van der Waals surface area contributed by atoms with Crippen molar-refractivity contribution in [2.24, 2.45) is 7.05 Å². The van der Waals surface area contributed by atoms with Crippen molar-refractivity contribution in [1.29, 1.82) is 0 Å². The molecular formula is C26H24ClFN4O2. The van der Waals surface area contributed by atoms with Crippen molar-refractivity contribution in [2.45, 2.75) is 44.1 Å². The quantitative estimate of drug-likeness (QED) is 0.415. The molecule has 1 aliphatic carbocycles. The maximum Gasteiger partial charge on any atom is 0.261 e. The number of pyridine rings is 1. The SMILES string of the molecule is Cn1cc([C@H]2C[C@@H](c3cc(-c4ccc(Cl)cc4F)n4c(=O)c5c(nc4c3)CCC5)CCO2)cn1. The first-order valence-electron chi connectivity index (χ1n) is 11.6. The summed E-state index contributed by atoms with van der Waals surface area (Å²) < 4.78 is 24.5. The van der Waals surface area contributed by atoms with Gasteiger partial charge in [0.25, 0.3) is 5.56 Å². The van der Waals surface area contributed by atoms with Crippen molar-refractivity contribution in [3.63, 3.8) is 0 Å². The molecule has 174 valence electrons. The van der Waals surface area contributed by atoms with Gasteiger partial charge in [-0.15, -0.1) is 0 Å². The fraction of sp³-hybridized carbons (Fsp3) is 0.346. The molecular weight excluding hydrogens is 455 g/mol. The number of aromatic nitrogens is 4. The van der Waals surface area contributed by atoms with E-state index in [9.17, 15) is 4.79 Å². The Morgan fingerprint density at radius 3 is 2.85 bits per heavy atom. The molecule has 1 aromatic carbocycles. The molecule has 0 N–H and O–H groups in total. The number of aryl methyl sites for hydroxylation is 2. The Labute approximate surface area is 201 Å². The summed E-state index contributed by atoms with van der Waals surface area (Å²) in [6.07, 6.45) is 7.80. The third-order valence-electron chi connectivity index (χ3n) is 7.03. The third-order valence-corrected chi connectivity index (χ3v) is 7.26. The second kappa shape index (κ2) is 8.32. The van der Waals surface area contributed by atoms with E-state index in [-0.39, 0.29) is 17.6 Å². The summed E-state index contributed by atoms with van der Waals surface area (Å²) in [7, 11) is 1.89. The van der Waals surface area contributed by atoms with Crippen molar-refractivity contribution in [3.8, 4) is 11.3 Å². The van der Waals surface area contributed by atoms with Gasteiger partial charge in [0.1, 0.15) is 11.5 Å². The lowest BCUT2D eigenvalue weighted by Gasteiger charge is -2.30. The Bertz CT molecular complexity index is 1480. The molecule has 0 unspecified atom stereocenters. The molecule has 6 nitrogen and oxygen atoms in total. The minimum atomic E-state index is -0.460. The molecule has 1 aliphatic heterocycles. The molecule has 0 bridgehead atoms. The van der Waals surface area contributed by atoms with E-state index >= 15 is 4.39 Å². The molecule has 1 fully saturated rings. The monoisotopic (exact) mass is 478 g/mol. The predicted molar refractivity (Wildman–Crippen MR) is 128 cm³/mol. The van der Waals surface area contributed by atoms with Crippen molar-refractivity contribution in [2.75, 3.05) is 6.61 Å². The van der Waals surface area contributed by atoms with Crippen LogP contribution in [0.25, 0.3) is 16.9 Å². The summed E-state index contributed by atoms with van der Waals surface area (Å²) in [5.41, 5.74) is 5.00. The smallest absolute Gasteiger partial charge is 0.261 e. The minimum Gasteiger partial charge on any atom is -0.373 e. The molecule has 34 heavy (non-hydrogen) atoms. The van der Waals surface area contributed by atoms with Crippen LogP contribution in [-0.4, -0.2) is 25.8 Å². The molecule has 4 aromatic rings. The van der Waals surface area contributed by atoms with E-state index in [0.717, 1.165) is 48.1 Å². The highest BCUT2D eigenvalue weighted by Gasteiger charge is 2.28. The average Bonchev–Trinajstić information content (AvgIpc) is 3.48. The zero-order valence-corrected chi connectivity index (χ0v) is 19.6. The largest absolute Gasteiger partial charge is 0.373 e. The highest BCUT2D eigenvalue weighted by molar-refractivity contribution is 6.30. The van der Waals surface area contributed by atoms with Gasteiger partial charge in [0.05, 0.1) is 23.7 Å². The lowest BCUT2D eigenvalue weighted by Crippen LogP contribution is -2.23. The van der Waals surface area contributed by atoms with Crippen LogP contribution < -0.4 is 5.56 Å². The minimum absolute atomic E-state index is 0.0606. The van der Waals surface area contributed by atoms with E-state index in [1.165, 1.54) is 6.07 Å². The summed E-state index contributed by atoms with van der Waals surface area (Å²) in [6.45, 7) is 0.616. The molecule has 8 heteroatoms. The summed E-state index contributed by atoms with van der Waals surface area (Å²) >= 11 is 6.02. The normalized spacial score (nSPS) is 20.1. The van der Waals surface area contributed by atoms with Gasteiger partial charge in [-0.2, -0.15) is 5.10 Å². The van der Waals surface area contributed by atoms with Gasteiger partial charge in [0, 0.05) is 41.6 Å². The number of halogens is 2. The number of nitrogens with zero attached hydrogens (tertiary/aromatic N) is 4. The summed E-state index contributed by atoms with van der Waals surface area (Å²) in [6, 6.07) is 8.51. The average molecular weight is 479 g/mol. The lowest BCUT2D eigenvalue weighted by atomic mass is 9.86. The second-order valence-corrected chi connectivity index (χ2v) is 9.65. The van der Waals surface area contributed by atoms with Crippen LogP contribution in [0.1, 0.15) is 53.7 Å². The Kier molecular flexibility index (Phi) is 5.26. The van der Waals surface area contributed by atoms with Crippen LogP contribution in [0.15, 0.2) is 47.5 Å². The van der Waals surface area contributed by atoms with Crippen molar-refractivity contribution >= 4 is 17.2 Å². The molecule has 2 atom stereocenters. The molecule has 0 spiro atoms. The number of ether oxygens (including phenoxy) is 1.